The van der Waals surface area contributed by atoms with Crippen LogP contribution >= 0.6 is 0 Å². The third-order valence-corrected chi connectivity index (χ3v) is 4.13. The standard InChI is InChI=1S/C21H22N2O3/c1-3-26-21(24)18-14-23-19-10-9-16(25-2)13-17(19)20(18)22-12-11-15-7-5-4-6-8-15/h4-10,13-14H,3,11-12H2,1-2H3,(H,22,23). The number of pyridine rings is 1. The van der Waals surface area contributed by atoms with E-state index in [1.54, 1.807) is 20.2 Å². The summed E-state index contributed by atoms with van der Waals surface area (Å²) in [5, 5.41) is 4.24. The van der Waals surface area contributed by atoms with Gasteiger partial charge in [-0.2, -0.15) is 0 Å². The van der Waals surface area contributed by atoms with Gasteiger partial charge in [0.15, 0.2) is 0 Å². The van der Waals surface area contributed by atoms with Crippen molar-refractivity contribution in [1.29, 1.82) is 0 Å². The summed E-state index contributed by atoms with van der Waals surface area (Å²) in [6, 6.07) is 15.8. The zero-order valence-electron chi connectivity index (χ0n) is 15.0. The fourth-order valence-corrected chi connectivity index (χ4v) is 2.83. The number of benzene rings is 2. The van der Waals surface area contributed by atoms with Gasteiger partial charge in [-0.15, -0.1) is 0 Å². The molecule has 0 aliphatic carbocycles. The lowest BCUT2D eigenvalue weighted by atomic mass is 10.1. The molecule has 26 heavy (non-hydrogen) atoms. The van der Waals surface area contributed by atoms with Crippen molar-refractivity contribution in [3.05, 3.63) is 65.9 Å². The number of carbonyl (C=O) groups is 1. The number of carbonyl (C=O) groups excluding carboxylic acids is 1. The van der Waals surface area contributed by atoms with Gasteiger partial charge in [-0.25, -0.2) is 4.79 Å². The fourth-order valence-electron chi connectivity index (χ4n) is 2.83. The minimum atomic E-state index is -0.382. The number of methoxy groups -OCH3 is 1. The van der Waals surface area contributed by atoms with Crippen LogP contribution in [0.3, 0.4) is 0 Å². The quantitative estimate of drug-likeness (QED) is 0.651. The summed E-state index contributed by atoms with van der Waals surface area (Å²) in [6.07, 6.45) is 2.41. The van der Waals surface area contributed by atoms with E-state index >= 15 is 0 Å². The molecule has 1 heterocycles. The second-order valence-electron chi connectivity index (χ2n) is 5.81. The Morgan fingerprint density at radius 2 is 1.96 bits per heavy atom. The van der Waals surface area contributed by atoms with Crippen LogP contribution in [0.15, 0.2) is 54.7 Å². The Labute approximate surface area is 153 Å². The lowest BCUT2D eigenvalue weighted by Crippen LogP contribution is -2.13. The van der Waals surface area contributed by atoms with Gasteiger partial charge in [0.05, 0.1) is 24.9 Å². The molecule has 1 aromatic heterocycles. The highest BCUT2D eigenvalue weighted by molar-refractivity contribution is 6.05. The molecule has 134 valence electrons. The summed E-state index contributed by atoms with van der Waals surface area (Å²) >= 11 is 0. The predicted octanol–water partition coefficient (Wildman–Crippen LogP) is 4.07. The van der Waals surface area contributed by atoms with Gasteiger partial charge in [-0.1, -0.05) is 30.3 Å². The van der Waals surface area contributed by atoms with Gasteiger partial charge in [0.25, 0.3) is 0 Å². The summed E-state index contributed by atoms with van der Waals surface area (Å²) in [4.78, 5) is 16.8. The largest absolute Gasteiger partial charge is 0.497 e. The van der Waals surface area contributed by atoms with Crippen molar-refractivity contribution in [1.82, 2.24) is 4.98 Å². The van der Waals surface area contributed by atoms with Crippen LogP contribution in [-0.2, 0) is 11.2 Å². The molecule has 0 saturated carbocycles. The number of anilines is 1. The number of rotatable bonds is 7. The van der Waals surface area contributed by atoms with Gasteiger partial charge in [-0.05, 0) is 37.1 Å². The first kappa shape index (κ1) is 17.7. The van der Waals surface area contributed by atoms with E-state index in [4.69, 9.17) is 9.47 Å². The van der Waals surface area contributed by atoms with E-state index in [9.17, 15) is 4.79 Å². The Morgan fingerprint density at radius 1 is 1.15 bits per heavy atom. The number of hydrogen-bond acceptors (Lipinski definition) is 5. The summed E-state index contributed by atoms with van der Waals surface area (Å²) < 4.78 is 10.5. The van der Waals surface area contributed by atoms with Crippen LogP contribution < -0.4 is 10.1 Å². The van der Waals surface area contributed by atoms with Crippen molar-refractivity contribution in [3.63, 3.8) is 0 Å². The van der Waals surface area contributed by atoms with Crippen LogP contribution in [0, 0.1) is 0 Å². The SMILES string of the molecule is CCOC(=O)c1cnc2ccc(OC)cc2c1NCCc1ccccc1. The highest BCUT2D eigenvalue weighted by Gasteiger charge is 2.17. The molecule has 0 aliphatic heterocycles. The van der Waals surface area contributed by atoms with Crippen molar-refractivity contribution in [2.45, 2.75) is 13.3 Å². The van der Waals surface area contributed by atoms with E-state index in [-0.39, 0.29) is 5.97 Å². The summed E-state index contributed by atoms with van der Waals surface area (Å²) in [5.74, 6) is 0.332. The third kappa shape index (κ3) is 3.94. The van der Waals surface area contributed by atoms with Crippen LogP contribution in [-0.4, -0.2) is 31.2 Å². The smallest absolute Gasteiger partial charge is 0.341 e. The molecule has 3 aromatic rings. The first-order valence-corrected chi connectivity index (χ1v) is 8.64. The molecule has 0 unspecified atom stereocenters. The number of hydrogen-bond donors (Lipinski definition) is 1. The zero-order valence-corrected chi connectivity index (χ0v) is 15.0. The number of ether oxygens (including phenoxy) is 2. The molecule has 0 saturated heterocycles. The first-order valence-electron chi connectivity index (χ1n) is 8.64. The average molecular weight is 350 g/mol. The molecule has 0 amide bonds. The minimum Gasteiger partial charge on any atom is -0.497 e. The van der Waals surface area contributed by atoms with Gasteiger partial charge in [0.2, 0.25) is 0 Å². The van der Waals surface area contributed by atoms with Gasteiger partial charge >= 0.3 is 5.97 Å². The van der Waals surface area contributed by atoms with Crippen LogP contribution in [0.1, 0.15) is 22.8 Å². The topological polar surface area (TPSA) is 60.5 Å². The Bertz CT molecular complexity index is 894. The van der Waals surface area contributed by atoms with Crippen LogP contribution in [0.25, 0.3) is 10.9 Å². The molecule has 0 fully saturated rings. The van der Waals surface area contributed by atoms with Gasteiger partial charge in [0, 0.05) is 18.1 Å². The van der Waals surface area contributed by atoms with E-state index in [0.717, 1.165) is 23.0 Å². The van der Waals surface area contributed by atoms with Crippen molar-refractivity contribution in [2.24, 2.45) is 0 Å². The molecule has 0 spiro atoms. The Kier molecular flexibility index (Phi) is 5.69. The molecule has 0 radical (unpaired) electrons. The lowest BCUT2D eigenvalue weighted by Gasteiger charge is -2.15. The predicted molar refractivity (Wildman–Crippen MR) is 103 cm³/mol. The monoisotopic (exact) mass is 350 g/mol. The third-order valence-electron chi connectivity index (χ3n) is 4.13. The normalized spacial score (nSPS) is 10.5. The maximum atomic E-state index is 12.4. The van der Waals surface area contributed by atoms with Gasteiger partial charge in [-0.3, -0.25) is 4.98 Å². The van der Waals surface area contributed by atoms with Gasteiger partial charge < -0.3 is 14.8 Å². The molecule has 5 heteroatoms. The maximum Gasteiger partial charge on any atom is 0.341 e. The molecule has 1 N–H and O–H groups in total. The molecule has 5 nitrogen and oxygen atoms in total. The second kappa shape index (κ2) is 8.34. The van der Waals surface area contributed by atoms with E-state index in [2.05, 4.69) is 22.4 Å². The Hall–Kier alpha value is -3.08. The van der Waals surface area contributed by atoms with Crippen molar-refractivity contribution in [2.75, 3.05) is 25.6 Å². The maximum absolute atomic E-state index is 12.4. The van der Waals surface area contributed by atoms with Crippen molar-refractivity contribution < 1.29 is 14.3 Å². The lowest BCUT2D eigenvalue weighted by molar-refractivity contribution is 0.0527. The molecule has 0 bridgehead atoms. The van der Waals surface area contributed by atoms with E-state index in [1.165, 1.54) is 5.56 Å². The number of nitrogens with zero attached hydrogens (tertiary/aromatic N) is 1. The molecule has 3 rings (SSSR count). The second-order valence-corrected chi connectivity index (χ2v) is 5.81. The Balaban J connectivity index is 1.94. The number of fused-ring (bicyclic) bond motifs is 1. The van der Waals surface area contributed by atoms with Crippen molar-refractivity contribution in [3.8, 4) is 5.75 Å². The van der Waals surface area contributed by atoms with Crippen LogP contribution in [0.2, 0.25) is 0 Å². The Morgan fingerprint density at radius 3 is 2.69 bits per heavy atom. The highest BCUT2D eigenvalue weighted by atomic mass is 16.5. The molecule has 2 aromatic carbocycles. The molecule has 0 atom stereocenters. The fraction of sp³-hybridized carbons (Fsp3) is 0.238. The zero-order chi connectivity index (χ0) is 18.4. The highest BCUT2D eigenvalue weighted by Crippen LogP contribution is 2.29. The number of esters is 1. The van der Waals surface area contributed by atoms with Crippen LogP contribution in [0.4, 0.5) is 5.69 Å². The first-order chi connectivity index (χ1) is 12.7. The summed E-state index contributed by atoms with van der Waals surface area (Å²) in [6.45, 7) is 2.79. The van der Waals surface area contributed by atoms with E-state index < -0.39 is 0 Å². The van der Waals surface area contributed by atoms with Gasteiger partial charge in [0.1, 0.15) is 11.3 Å². The van der Waals surface area contributed by atoms with E-state index in [1.807, 2.05) is 36.4 Å². The summed E-state index contributed by atoms with van der Waals surface area (Å²) in [5.41, 5.74) is 3.18. The van der Waals surface area contributed by atoms with Crippen molar-refractivity contribution >= 4 is 22.6 Å². The van der Waals surface area contributed by atoms with Crippen LogP contribution in [0.5, 0.6) is 5.75 Å². The summed E-state index contributed by atoms with van der Waals surface area (Å²) in [7, 11) is 1.62. The molecular weight excluding hydrogens is 328 g/mol. The van der Waals surface area contributed by atoms with E-state index in [0.29, 0.717) is 24.5 Å². The number of aromatic nitrogens is 1. The average Bonchev–Trinajstić information content (AvgIpc) is 2.68. The molecule has 0 aliphatic rings. The number of nitrogens with one attached hydrogen (secondary N) is 1. The molecular formula is C21H22N2O3. The minimum absolute atomic E-state index is 0.318.